The third-order valence-electron chi connectivity index (χ3n) is 4.42. The van der Waals surface area contributed by atoms with Crippen LogP contribution in [0.4, 0.5) is 0 Å². The Balaban J connectivity index is 2.07. The van der Waals surface area contributed by atoms with Crippen LogP contribution in [0, 0.1) is 0 Å². The zero-order valence-electron chi connectivity index (χ0n) is 14.8. The van der Waals surface area contributed by atoms with Gasteiger partial charge in [-0.2, -0.15) is 8.42 Å². The fourth-order valence-corrected chi connectivity index (χ4v) is 3.71. The van der Waals surface area contributed by atoms with Gasteiger partial charge in [0.25, 0.3) is 10.1 Å². The Morgan fingerprint density at radius 3 is 2.28 bits per heavy atom. The van der Waals surface area contributed by atoms with Crippen LogP contribution in [0.25, 0.3) is 0 Å². The first-order chi connectivity index (χ1) is 11.7. The zero-order chi connectivity index (χ0) is 18.8. The zero-order valence-corrected chi connectivity index (χ0v) is 15.6. The average Bonchev–Trinajstić information content (AvgIpc) is 2.58. The second-order valence-electron chi connectivity index (χ2n) is 6.52. The molecule has 25 heavy (non-hydrogen) atoms. The predicted molar refractivity (Wildman–Crippen MR) is 90.8 cm³/mol. The van der Waals surface area contributed by atoms with Crippen molar-refractivity contribution in [2.45, 2.75) is 62.1 Å². The summed E-state index contributed by atoms with van der Waals surface area (Å²) in [6.45, 7) is 5.31. The van der Waals surface area contributed by atoms with Gasteiger partial charge in [-0.3, -0.25) is 4.18 Å². The highest BCUT2D eigenvalue weighted by molar-refractivity contribution is 7.86. The van der Waals surface area contributed by atoms with Crippen molar-refractivity contribution in [3.05, 3.63) is 29.8 Å². The quantitative estimate of drug-likeness (QED) is 0.717. The number of hydrogen-bond donors (Lipinski definition) is 2. The Bertz CT molecular complexity index is 656. The summed E-state index contributed by atoms with van der Waals surface area (Å²) in [5, 5.41) is 19.9. The van der Waals surface area contributed by atoms with Crippen LogP contribution in [0.2, 0.25) is 0 Å². The molecule has 0 aliphatic carbocycles. The van der Waals surface area contributed by atoms with Gasteiger partial charge in [-0.1, -0.05) is 26.0 Å². The van der Waals surface area contributed by atoms with Crippen molar-refractivity contribution in [3.63, 3.8) is 0 Å². The van der Waals surface area contributed by atoms with Gasteiger partial charge in [-0.15, -0.1) is 0 Å². The molecule has 0 bridgehead atoms. The summed E-state index contributed by atoms with van der Waals surface area (Å²) in [5.74, 6) is 0.296. The van der Waals surface area contributed by atoms with E-state index in [0.29, 0.717) is 5.92 Å². The summed E-state index contributed by atoms with van der Waals surface area (Å²) in [6.07, 6.45) is -4.66. The van der Waals surface area contributed by atoms with Crippen LogP contribution < -0.4 is 0 Å². The standard InChI is InChI=1S/C17H26O7S/c1-10(2)12-5-7-13(8-6-12)25(20,21)23-9-14-17(22-4)16(19)15(18)11(3)24-14/h5-8,10-11,14-19H,9H2,1-4H3. The topological polar surface area (TPSA) is 102 Å². The molecule has 8 heteroatoms. The Labute approximate surface area is 148 Å². The average molecular weight is 374 g/mol. The summed E-state index contributed by atoms with van der Waals surface area (Å²) in [6, 6.07) is 6.50. The molecule has 1 fully saturated rings. The molecule has 0 saturated carbocycles. The van der Waals surface area contributed by atoms with Gasteiger partial charge in [0.05, 0.1) is 17.6 Å². The molecule has 0 radical (unpaired) electrons. The van der Waals surface area contributed by atoms with E-state index in [0.717, 1.165) is 5.56 Å². The Morgan fingerprint density at radius 1 is 1.16 bits per heavy atom. The lowest BCUT2D eigenvalue weighted by molar-refractivity contribution is -0.229. The van der Waals surface area contributed by atoms with E-state index in [4.69, 9.17) is 13.7 Å². The lowest BCUT2D eigenvalue weighted by atomic mass is 9.96. The third-order valence-corrected chi connectivity index (χ3v) is 5.71. The number of ether oxygens (including phenoxy) is 2. The van der Waals surface area contributed by atoms with Crippen LogP contribution in [-0.4, -0.2) is 62.9 Å². The maximum Gasteiger partial charge on any atom is 0.297 e. The Hall–Kier alpha value is -1.03. The highest BCUT2D eigenvalue weighted by Gasteiger charge is 2.43. The van der Waals surface area contributed by atoms with Crippen molar-refractivity contribution in [2.24, 2.45) is 0 Å². The summed E-state index contributed by atoms with van der Waals surface area (Å²) < 4.78 is 40.5. The fourth-order valence-electron chi connectivity index (χ4n) is 2.79. The lowest BCUT2D eigenvalue weighted by Crippen LogP contribution is -2.58. The van der Waals surface area contributed by atoms with E-state index in [-0.39, 0.29) is 11.5 Å². The minimum absolute atomic E-state index is 0.0512. The molecule has 1 heterocycles. The van der Waals surface area contributed by atoms with Gasteiger partial charge in [-0.05, 0) is 30.5 Å². The van der Waals surface area contributed by atoms with Crippen LogP contribution in [0.3, 0.4) is 0 Å². The summed E-state index contributed by atoms with van der Waals surface area (Å²) >= 11 is 0. The van der Waals surface area contributed by atoms with Gasteiger partial charge >= 0.3 is 0 Å². The van der Waals surface area contributed by atoms with Crippen molar-refractivity contribution in [1.82, 2.24) is 0 Å². The van der Waals surface area contributed by atoms with E-state index in [1.54, 1.807) is 19.1 Å². The van der Waals surface area contributed by atoms with E-state index in [1.807, 2.05) is 13.8 Å². The molecule has 142 valence electrons. The van der Waals surface area contributed by atoms with Crippen molar-refractivity contribution >= 4 is 10.1 Å². The van der Waals surface area contributed by atoms with Crippen molar-refractivity contribution < 1.29 is 32.3 Å². The van der Waals surface area contributed by atoms with Crippen molar-refractivity contribution in [2.75, 3.05) is 13.7 Å². The van der Waals surface area contributed by atoms with E-state index < -0.39 is 40.6 Å². The minimum Gasteiger partial charge on any atom is -0.388 e. The van der Waals surface area contributed by atoms with E-state index >= 15 is 0 Å². The number of methoxy groups -OCH3 is 1. The molecule has 1 aromatic rings. The van der Waals surface area contributed by atoms with Gasteiger partial charge in [0, 0.05) is 7.11 Å². The molecule has 1 aromatic carbocycles. The van der Waals surface area contributed by atoms with E-state index in [2.05, 4.69) is 0 Å². The molecule has 1 aliphatic heterocycles. The maximum atomic E-state index is 12.3. The number of aliphatic hydroxyl groups excluding tert-OH is 2. The van der Waals surface area contributed by atoms with Crippen LogP contribution in [-0.2, 0) is 23.8 Å². The molecule has 0 amide bonds. The number of aliphatic hydroxyl groups is 2. The van der Waals surface area contributed by atoms with Crippen LogP contribution in [0.1, 0.15) is 32.3 Å². The maximum absolute atomic E-state index is 12.3. The van der Waals surface area contributed by atoms with Gasteiger partial charge in [0.15, 0.2) is 0 Å². The number of rotatable bonds is 6. The van der Waals surface area contributed by atoms with Crippen LogP contribution in [0.15, 0.2) is 29.2 Å². The lowest BCUT2D eigenvalue weighted by Gasteiger charge is -2.40. The van der Waals surface area contributed by atoms with Gasteiger partial charge in [0.2, 0.25) is 0 Å². The SMILES string of the molecule is COC1C(COS(=O)(=O)c2ccc(C(C)C)cc2)OC(C)C(O)C1O. The van der Waals surface area contributed by atoms with E-state index in [1.165, 1.54) is 19.2 Å². The van der Waals surface area contributed by atoms with Crippen molar-refractivity contribution in [1.29, 1.82) is 0 Å². The number of benzene rings is 1. The molecule has 0 aromatic heterocycles. The molecular formula is C17H26O7S. The first kappa shape index (κ1) is 20.3. The molecule has 2 rings (SSSR count). The molecule has 2 N–H and O–H groups in total. The monoisotopic (exact) mass is 374 g/mol. The molecule has 5 unspecified atom stereocenters. The highest BCUT2D eigenvalue weighted by Crippen LogP contribution is 2.25. The molecular weight excluding hydrogens is 348 g/mol. The van der Waals surface area contributed by atoms with Gasteiger partial charge < -0.3 is 19.7 Å². The predicted octanol–water partition coefficient (Wildman–Crippen LogP) is 1.04. The largest absolute Gasteiger partial charge is 0.388 e. The highest BCUT2D eigenvalue weighted by atomic mass is 32.2. The van der Waals surface area contributed by atoms with E-state index in [9.17, 15) is 18.6 Å². The smallest absolute Gasteiger partial charge is 0.297 e. The molecule has 0 spiro atoms. The molecule has 5 atom stereocenters. The van der Waals surface area contributed by atoms with Gasteiger partial charge in [-0.25, -0.2) is 0 Å². The molecule has 7 nitrogen and oxygen atoms in total. The first-order valence-electron chi connectivity index (χ1n) is 8.21. The third kappa shape index (κ3) is 4.58. The van der Waals surface area contributed by atoms with Crippen LogP contribution >= 0.6 is 0 Å². The summed E-state index contributed by atoms with van der Waals surface area (Å²) in [7, 11) is -2.61. The fraction of sp³-hybridized carbons (Fsp3) is 0.647. The molecule has 1 aliphatic rings. The Morgan fingerprint density at radius 2 is 1.76 bits per heavy atom. The van der Waals surface area contributed by atoms with Gasteiger partial charge in [0.1, 0.15) is 24.4 Å². The first-order valence-corrected chi connectivity index (χ1v) is 9.62. The second-order valence-corrected chi connectivity index (χ2v) is 8.14. The molecule has 1 saturated heterocycles. The number of hydrogen-bond acceptors (Lipinski definition) is 7. The second kappa shape index (κ2) is 8.11. The normalized spacial score (nSPS) is 30.6. The Kier molecular flexibility index (Phi) is 6.58. The van der Waals surface area contributed by atoms with Crippen LogP contribution in [0.5, 0.6) is 0 Å². The minimum atomic E-state index is -3.96. The summed E-state index contributed by atoms with van der Waals surface area (Å²) in [4.78, 5) is 0.0512. The summed E-state index contributed by atoms with van der Waals surface area (Å²) in [5.41, 5.74) is 1.03. The van der Waals surface area contributed by atoms with Crippen molar-refractivity contribution in [3.8, 4) is 0 Å².